The maximum atomic E-state index is 12.0. The molecule has 0 atom stereocenters. The Morgan fingerprint density at radius 1 is 1.45 bits per heavy atom. The van der Waals surface area contributed by atoms with Gasteiger partial charge in [-0.3, -0.25) is 4.79 Å². The standard InChI is InChI=1S/C12H14N4O2S2/c1-16(6-8-4-2-3-5-9(8)17)10(18)7-19-12-15-14-11(13)20-12/h2-5,17H,6-7H2,1H3,(H2,13,14). The van der Waals surface area contributed by atoms with E-state index in [1.165, 1.54) is 23.1 Å². The molecule has 0 aliphatic carbocycles. The van der Waals surface area contributed by atoms with Crippen molar-refractivity contribution in [1.82, 2.24) is 15.1 Å². The van der Waals surface area contributed by atoms with Gasteiger partial charge >= 0.3 is 0 Å². The lowest BCUT2D eigenvalue weighted by Gasteiger charge is -2.17. The van der Waals surface area contributed by atoms with E-state index in [1.807, 2.05) is 6.07 Å². The largest absolute Gasteiger partial charge is 0.508 e. The number of nitrogens with two attached hydrogens (primary N) is 1. The van der Waals surface area contributed by atoms with Crippen LogP contribution in [0, 0.1) is 0 Å². The van der Waals surface area contributed by atoms with Crippen LogP contribution in [0.5, 0.6) is 5.75 Å². The molecular weight excluding hydrogens is 296 g/mol. The number of carbonyl (C=O) groups is 1. The number of phenols is 1. The Morgan fingerprint density at radius 3 is 2.85 bits per heavy atom. The molecule has 0 radical (unpaired) electrons. The van der Waals surface area contributed by atoms with Crippen LogP contribution in [0.25, 0.3) is 0 Å². The number of thioether (sulfide) groups is 1. The highest BCUT2D eigenvalue weighted by atomic mass is 32.2. The minimum atomic E-state index is -0.0491. The van der Waals surface area contributed by atoms with Gasteiger partial charge in [-0.25, -0.2) is 0 Å². The lowest BCUT2D eigenvalue weighted by Crippen LogP contribution is -2.27. The van der Waals surface area contributed by atoms with Gasteiger partial charge in [0.1, 0.15) is 5.75 Å². The van der Waals surface area contributed by atoms with Gasteiger partial charge in [-0.15, -0.1) is 10.2 Å². The van der Waals surface area contributed by atoms with E-state index < -0.39 is 0 Å². The van der Waals surface area contributed by atoms with E-state index >= 15 is 0 Å². The van der Waals surface area contributed by atoms with Crippen LogP contribution in [-0.2, 0) is 11.3 Å². The molecule has 1 heterocycles. The molecule has 2 rings (SSSR count). The molecule has 0 unspecified atom stereocenters. The third kappa shape index (κ3) is 3.84. The highest BCUT2D eigenvalue weighted by Crippen LogP contribution is 2.24. The van der Waals surface area contributed by atoms with Gasteiger partial charge in [0, 0.05) is 19.2 Å². The number of benzene rings is 1. The van der Waals surface area contributed by atoms with E-state index in [-0.39, 0.29) is 17.4 Å². The van der Waals surface area contributed by atoms with Gasteiger partial charge in [0.2, 0.25) is 11.0 Å². The minimum Gasteiger partial charge on any atom is -0.508 e. The molecule has 20 heavy (non-hydrogen) atoms. The molecule has 1 amide bonds. The maximum absolute atomic E-state index is 12.0. The molecule has 0 saturated carbocycles. The monoisotopic (exact) mass is 310 g/mol. The Morgan fingerprint density at radius 2 is 2.20 bits per heavy atom. The molecule has 0 aliphatic heterocycles. The van der Waals surface area contributed by atoms with Crippen molar-refractivity contribution in [2.45, 2.75) is 10.9 Å². The smallest absolute Gasteiger partial charge is 0.233 e. The van der Waals surface area contributed by atoms with Gasteiger partial charge in [0.05, 0.1) is 5.75 Å². The van der Waals surface area contributed by atoms with Crippen LogP contribution in [0.1, 0.15) is 5.56 Å². The van der Waals surface area contributed by atoms with Gasteiger partial charge in [0.15, 0.2) is 4.34 Å². The predicted octanol–water partition coefficient (Wildman–Crippen LogP) is 1.58. The van der Waals surface area contributed by atoms with Crippen LogP contribution in [-0.4, -0.2) is 38.9 Å². The molecule has 2 aromatic rings. The number of amides is 1. The Bertz CT molecular complexity index is 603. The summed E-state index contributed by atoms with van der Waals surface area (Å²) in [6.45, 7) is 0.365. The number of nitrogen functional groups attached to an aromatic ring is 1. The van der Waals surface area contributed by atoms with E-state index in [1.54, 1.807) is 30.1 Å². The van der Waals surface area contributed by atoms with Gasteiger partial charge in [0.25, 0.3) is 0 Å². The molecule has 0 fully saturated rings. The first kappa shape index (κ1) is 14.6. The quantitative estimate of drug-likeness (QED) is 0.815. The fourth-order valence-corrected chi connectivity index (χ4v) is 3.08. The van der Waals surface area contributed by atoms with Gasteiger partial charge in [-0.05, 0) is 6.07 Å². The van der Waals surface area contributed by atoms with Crippen molar-refractivity contribution in [3.8, 4) is 5.75 Å². The molecule has 1 aromatic carbocycles. The number of phenolic OH excluding ortho intramolecular Hbond substituents is 1. The molecule has 0 saturated heterocycles. The van der Waals surface area contributed by atoms with E-state index in [0.29, 0.717) is 21.6 Å². The lowest BCUT2D eigenvalue weighted by molar-refractivity contribution is -0.127. The molecule has 0 bridgehead atoms. The zero-order chi connectivity index (χ0) is 14.5. The van der Waals surface area contributed by atoms with Crippen molar-refractivity contribution in [3.63, 3.8) is 0 Å². The topological polar surface area (TPSA) is 92.3 Å². The van der Waals surface area contributed by atoms with Crippen LogP contribution in [0.4, 0.5) is 5.13 Å². The van der Waals surface area contributed by atoms with Gasteiger partial charge in [-0.2, -0.15) is 0 Å². The highest BCUT2D eigenvalue weighted by molar-refractivity contribution is 8.01. The van der Waals surface area contributed by atoms with E-state index in [9.17, 15) is 9.90 Å². The number of rotatable bonds is 5. The second-order valence-electron chi connectivity index (χ2n) is 4.07. The average Bonchev–Trinajstić information content (AvgIpc) is 2.84. The number of para-hydroxylation sites is 1. The summed E-state index contributed by atoms with van der Waals surface area (Å²) in [4.78, 5) is 13.5. The summed E-state index contributed by atoms with van der Waals surface area (Å²) in [7, 11) is 1.70. The van der Waals surface area contributed by atoms with Crippen LogP contribution < -0.4 is 5.73 Å². The number of anilines is 1. The van der Waals surface area contributed by atoms with Crippen LogP contribution in [0.3, 0.4) is 0 Å². The van der Waals surface area contributed by atoms with Crippen LogP contribution >= 0.6 is 23.1 Å². The predicted molar refractivity (Wildman–Crippen MR) is 79.6 cm³/mol. The Labute approximate surface area is 124 Å². The van der Waals surface area contributed by atoms with Crippen LogP contribution in [0.2, 0.25) is 0 Å². The number of aromatic nitrogens is 2. The normalized spacial score (nSPS) is 10.4. The van der Waals surface area contributed by atoms with Crippen molar-refractivity contribution < 1.29 is 9.90 Å². The number of carbonyl (C=O) groups excluding carboxylic acids is 1. The maximum Gasteiger partial charge on any atom is 0.233 e. The Kier molecular flexibility index (Phi) is 4.80. The second kappa shape index (κ2) is 6.58. The number of nitrogens with zero attached hydrogens (tertiary/aromatic N) is 3. The van der Waals surface area contributed by atoms with E-state index in [0.717, 1.165) is 0 Å². The Balaban J connectivity index is 1.87. The summed E-state index contributed by atoms with van der Waals surface area (Å²) in [6, 6.07) is 6.96. The molecule has 0 aliphatic rings. The fraction of sp³-hybridized carbons (Fsp3) is 0.250. The third-order valence-corrected chi connectivity index (χ3v) is 4.44. The summed E-state index contributed by atoms with van der Waals surface area (Å²) in [5.74, 6) is 0.405. The fourth-order valence-electron chi connectivity index (χ4n) is 1.50. The average molecular weight is 310 g/mol. The highest BCUT2D eigenvalue weighted by Gasteiger charge is 2.13. The first-order valence-corrected chi connectivity index (χ1v) is 7.59. The van der Waals surface area contributed by atoms with Crippen molar-refractivity contribution in [2.75, 3.05) is 18.5 Å². The minimum absolute atomic E-state index is 0.0491. The van der Waals surface area contributed by atoms with E-state index in [2.05, 4.69) is 10.2 Å². The zero-order valence-corrected chi connectivity index (χ0v) is 12.4. The Hall–Kier alpha value is -1.80. The van der Waals surface area contributed by atoms with Crippen LogP contribution in [0.15, 0.2) is 28.6 Å². The zero-order valence-electron chi connectivity index (χ0n) is 10.8. The first-order chi connectivity index (χ1) is 9.56. The molecule has 1 aromatic heterocycles. The third-order valence-electron chi connectivity index (χ3n) is 2.57. The number of hydrogen-bond donors (Lipinski definition) is 2. The summed E-state index contributed by atoms with van der Waals surface area (Å²) in [5, 5.41) is 17.6. The van der Waals surface area contributed by atoms with Gasteiger partial charge < -0.3 is 15.7 Å². The molecule has 6 nitrogen and oxygen atoms in total. The molecule has 0 spiro atoms. The van der Waals surface area contributed by atoms with Crippen molar-refractivity contribution >= 4 is 34.1 Å². The lowest BCUT2D eigenvalue weighted by atomic mass is 10.2. The second-order valence-corrected chi connectivity index (χ2v) is 6.30. The SMILES string of the molecule is CN(Cc1ccccc1O)C(=O)CSc1nnc(N)s1. The molecule has 3 N–H and O–H groups in total. The molecular formula is C12H14N4O2S2. The van der Waals surface area contributed by atoms with Gasteiger partial charge in [-0.1, -0.05) is 41.3 Å². The van der Waals surface area contributed by atoms with Crippen molar-refractivity contribution in [3.05, 3.63) is 29.8 Å². The summed E-state index contributed by atoms with van der Waals surface area (Å²) < 4.78 is 0.673. The first-order valence-electron chi connectivity index (χ1n) is 5.79. The summed E-state index contributed by atoms with van der Waals surface area (Å²) in [5.41, 5.74) is 6.19. The summed E-state index contributed by atoms with van der Waals surface area (Å²) >= 11 is 2.56. The summed E-state index contributed by atoms with van der Waals surface area (Å²) in [6.07, 6.45) is 0. The molecule has 8 heteroatoms. The van der Waals surface area contributed by atoms with E-state index in [4.69, 9.17) is 5.73 Å². The van der Waals surface area contributed by atoms with Crippen molar-refractivity contribution in [1.29, 1.82) is 0 Å². The number of aromatic hydroxyl groups is 1. The van der Waals surface area contributed by atoms with Crippen molar-refractivity contribution in [2.24, 2.45) is 0 Å². The molecule has 106 valence electrons. The number of hydrogen-bond acceptors (Lipinski definition) is 7.